The van der Waals surface area contributed by atoms with Gasteiger partial charge in [-0.3, -0.25) is 0 Å². The highest BCUT2D eigenvalue weighted by Crippen LogP contribution is 1.96. The molecule has 0 aromatic heterocycles. The molecule has 0 rings (SSSR count). The van der Waals surface area contributed by atoms with Crippen LogP contribution in [0.4, 0.5) is 4.79 Å². The fourth-order valence-electron chi connectivity index (χ4n) is 1.05. The molecule has 88 valence electrons. The van der Waals surface area contributed by atoms with Crippen molar-refractivity contribution in [2.24, 2.45) is 5.92 Å². The van der Waals surface area contributed by atoms with Crippen molar-refractivity contribution >= 4 is 12.0 Å². The van der Waals surface area contributed by atoms with Crippen molar-refractivity contribution in [1.82, 2.24) is 10.6 Å². The number of amides is 2. The monoisotopic (exact) mass is 216 g/mol. The molecule has 0 aromatic rings. The Hall–Kier alpha value is -1.26. The zero-order valence-corrected chi connectivity index (χ0v) is 9.54. The van der Waals surface area contributed by atoms with Crippen LogP contribution < -0.4 is 10.6 Å². The molecule has 0 bridgehead atoms. The first-order valence-corrected chi connectivity index (χ1v) is 5.24. The van der Waals surface area contributed by atoms with E-state index in [9.17, 15) is 9.59 Å². The van der Waals surface area contributed by atoms with E-state index in [-0.39, 0.29) is 0 Å². The van der Waals surface area contributed by atoms with Gasteiger partial charge in [0.05, 0.1) is 0 Å². The van der Waals surface area contributed by atoms with Crippen LogP contribution in [0.15, 0.2) is 0 Å². The van der Waals surface area contributed by atoms with E-state index in [0.29, 0.717) is 18.9 Å². The van der Waals surface area contributed by atoms with Crippen molar-refractivity contribution in [2.75, 3.05) is 6.54 Å². The molecule has 0 aromatic carbocycles. The van der Waals surface area contributed by atoms with E-state index in [2.05, 4.69) is 10.6 Å². The topological polar surface area (TPSA) is 78.4 Å². The molecule has 3 N–H and O–H groups in total. The molecule has 0 aliphatic carbocycles. The Bertz CT molecular complexity index is 217. The molecular formula is C10H20N2O3. The van der Waals surface area contributed by atoms with Crippen LogP contribution in [0.2, 0.25) is 0 Å². The Morgan fingerprint density at radius 2 is 1.93 bits per heavy atom. The van der Waals surface area contributed by atoms with E-state index in [4.69, 9.17) is 5.11 Å². The minimum atomic E-state index is -0.989. The summed E-state index contributed by atoms with van der Waals surface area (Å²) in [5, 5.41) is 13.8. The number of carboxylic acid groups (broad SMARTS) is 1. The Kier molecular flexibility index (Phi) is 6.49. The molecule has 1 atom stereocenters. The summed E-state index contributed by atoms with van der Waals surface area (Å²) in [5.74, 6) is -0.637. The summed E-state index contributed by atoms with van der Waals surface area (Å²) in [6.07, 6.45) is 1.17. The summed E-state index contributed by atoms with van der Waals surface area (Å²) in [7, 11) is 0. The lowest BCUT2D eigenvalue weighted by Crippen LogP contribution is -2.46. The second-order valence-electron chi connectivity index (χ2n) is 3.93. The van der Waals surface area contributed by atoms with Crippen LogP contribution in [-0.4, -0.2) is 29.7 Å². The number of hydrogen-bond acceptors (Lipinski definition) is 2. The van der Waals surface area contributed by atoms with Crippen molar-refractivity contribution < 1.29 is 14.7 Å². The second-order valence-corrected chi connectivity index (χ2v) is 3.93. The average Bonchev–Trinajstić information content (AvgIpc) is 2.14. The molecule has 0 saturated heterocycles. The van der Waals surface area contributed by atoms with Gasteiger partial charge in [-0.1, -0.05) is 27.2 Å². The number of urea groups is 1. The molecule has 0 aliphatic rings. The molecule has 0 unspecified atom stereocenters. The van der Waals surface area contributed by atoms with Crippen molar-refractivity contribution in [1.29, 1.82) is 0 Å². The summed E-state index contributed by atoms with van der Waals surface area (Å²) in [6.45, 7) is 6.37. The van der Waals surface area contributed by atoms with Gasteiger partial charge >= 0.3 is 12.0 Å². The largest absolute Gasteiger partial charge is 0.480 e. The minimum Gasteiger partial charge on any atom is -0.480 e. The van der Waals surface area contributed by atoms with Gasteiger partial charge in [-0.15, -0.1) is 0 Å². The highest BCUT2D eigenvalue weighted by molar-refractivity contribution is 5.82. The normalized spacial score (nSPS) is 12.3. The summed E-state index contributed by atoms with van der Waals surface area (Å²) in [4.78, 5) is 22.0. The third-order valence-corrected chi connectivity index (χ3v) is 1.85. The predicted molar refractivity (Wildman–Crippen MR) is 57.7 cm³/mol. The van der Waals surface area contributed by atoms with E-state index < -0.39 is 18.0 Å². The van der Waals surface area contributed by atoms with Crippen molar-refractivity contribution in [3.63, 3.8) is 0 Å². The predicted octanol–water partition coefficient (Wildman–Crippen LogP) is 1.19. The molecule has 5 heteroatoms. The van der Waals surface area contributed by atoms with E-state index in [1.807, 2.05) is 20.8 Å². The molecular weight excluding hydrogens is 196 g/mol. The van der Waals surface area contributed by atoms with Gasteiger partial charge < -0.3 is 15.7 Å². The fourth-order valence-corrected chi connectivity index (χ4v) is 1.05. The van der Waals surface area contributed by atoms with E-state index in [0.717, 1.165) is 6.42 Å². The van der Waals surface area contributed by atoms with Gasteiger partial charge in [0, 0.05) is 6.54 Å². The average molecular weight is 216 g/mol. The van der Waals surface area contributed by atoms with Gasteiger partial charge in [0.25, 0.3) is 0 Å². The Labute approximate surface area is 90.2 Å². The van der Waals surface area contributed by atoms with Gasteiger partial charge in [0.1, 0.15) is 6.04 Å². The lowest BCUT2D eigenvalue weighted by atomic mass is 10.2. The molecule has 0 fully saturated rings. The van der Waals surface area contributed by atoms with Crippen LogP contribution in [0.1, 0.15) is 33.6 Å². The molecule has 0 heterocycles. The number of carboxylic acids is 1. The van der Waals surface area contributed by atoms with Crippen LogP contribution in [0.5, 0.6) is 0 Å². The van der Waals surface area contributed by atoms with Crippen LogP contribution in [-0.2, 0) is 4.79 Å². The summed E-state index contributed by atoms with van der Waals surface area (Å²) >= 11 is 0. The highest BCUT2D eigenvalue weighted by atomic mass is 16.4. The third kappa shape index (κ3) is 6.76. The SMILES string of the molecule is CCC[C@H](NC(=O)NCC(C)C)C(=O)O. The zero-order valence-electron chi connectivity index (χ0n) is 9.54. The van der Waals surface area contributed by atoms with Crippen molar-refractivity contribution in [2.45, 2.75) is 39.7 Å². The van der Waals surface area contributed by atoms with Crippen molar-refractivity contribution in [3.05, 3.63) is 0 Å². The summed E-state index contributed by atoms with van der Waals surface area (Å²) in [5.41, 5.74) is 0. The molecule has 0 saturated carbocycles. The van der Waals surface area contributed by atoms with E-state index >= 15 is 0 Å². The number of rotatable bonds is 6. The number of nitrogens with one attached hydrogen (secondary N) is 2. The van der Waals surface area contributed by atoms with Crippen LogP contribution in [0.3, 0.4) is 0 Å². The molecule has 0 aliphatic heterocycles. The smallest absolute Gasteiger partial charge is 0.326 e. The van der Waals surface area contributed by atoms with Crippen molar-refractivity contribution in [3.8, 4) is 0 Å². The summed E-state index contributed by atoms with van der Waals surface area (Å²) < 4.78 is 0. The Morgan fingerprint density at radius 1 is 1.33 bits per heavy atom. The van der Waals surface area contributed by atoms with E-state index in [1.165, 1.54) is 0 Å². The number of carbonyl (C=O) groups excluding carboxylic acids is 1. The first kappa shape index (κ1) is 13.7. The standard InChI is InChI=1S/C10H20N2O3/c1-4-5-8(9(13)14)12-10(15)11-6-7(2)3/h7-8H,4-6H2,1-3H3,(H,13,14)(H2,11,12,15)/t8-/m0/s1. The summed E-state index contributed by atoms with van der Waals surface area (Å²) in [6, 6.07) is -1.20. The maximum absolute atomic E-state index is 11.3. The second kappa shape index (κ2) is 7.09. The highest BCUT2D eigenvalue weighted by Gasteiger charge is 2.18. The molecule has 5 nitrogen and oxygen atoms in total. The Morgan fingerprint density at radius 3 is 2.33 bits per heavy atom. The zero-order chi connectivity index (χ0) is 11.8. The molecule has 0 radical (unpaired) electrons. The first-order chi connectivity index (χ1) is 6.97. The first-order valence-electron chi connectivity index (χ1n) is 5.24. The van der Waals surface area contributed by atoms with Gasteiger partial charge in [-0.05, 0) is 12.3 Å². The number of aliphatic carboxylic acids is 1. The van der Waals surface area contributed by atoms with Crippen LogP contribution in [0, 0.1) is 5.92 Å². The lowest BCUT2D eigenvalue weighted by Gasteiger charge is -2.14. The van der Waals surface area contributed by atoms with Gasteiger partial charge in [0.15, 0.2) is 0 Å². The van der Waals surface area contributed by atoms with Gasteiger partial charge in [-0.2, -0.15) is 0 Å². The lowest BCUT2D eigenvalue weighted by molar-refractivity contribution is -0.139. The van der Waals surface area contributed by atoms with Gasteiger partial charge in [0.2, 0.25) is 0 Å². The maximum atomic E-state index is 11.3. The van der Waals surface area contributed by atoms with Gasteiger partial charge in [-0.25, -0.2) is 9.59 Å². The molecule has 15 heavy (non-hydrogen) atoms. The number of hydrogen-bond donors (Lipinski definition) is 3. The molecule has 2 amide bonds. The maximum Gasteiger partial charge on any atom is 0.326 e. The van der Waals surface area contributed by atoms with Crippen LogP contribution in [0.25, 0.3) is 0 Å². The molecule has 0 spiro atoms. The van der Waals surface area contributed by atoms with Crippen LogP contribution >= 0.6 is 0 Å². The quantitative estimate of drug-likeness (QED) is 0.624. The Balaban J connectivity index is 3.94. The third-order valence-electron chi connectivity index (χ3n) is 1.85. The number of carbonyl (C=O) groups is 2. The minimum absolute atomic E-state index is 0.352. The fraction of sp³-hybridized carbons (Fsp3) is 0.800. The van der Waals surface area contributed by atoms with E-state index in [1.54, 1.807) is 0 Å².